The Morgan fingerprint density at radius 1 is 1.44 bits per heavy atom. The van der Waals surface area contributed by atoms with Crippen LogP contribution in [0, 0.1) is 5.92 Å². The van der Waals surface area contributed by atoms with Gasteiger partial charge < -0.3 is 10.1 Å². The van der Waals surface area contributed by atoms with Crippen LogP contribution in [0.5, 0.6) is 5.75 Å². The Morgan fingerprint density at radius 2 is 2.12 bits per heavy atom. The summed E-state index contributed by atoms with van der Waals surface area (Å²) in [5, 5.41) is 3.53. The van der Waals surface area contributed by atoms with Crippen molar-refractivity contribution in [1.29, 1.82) is 0 Å². The van der Waals surface area contributed by atoms with Crippen LogP contribution in [0.1, 0.15) is 24.4 Å². The SMILES string of the molecule is C=C[C@H](NCC1CC1)c1ccc(OC)cc1. The van der Waals surface area contributed by atoms with Crippen LogP contribution in [-0.2, 0) is 0 Å². The molecule has 0 radical (unpaired) electrons. The zero-order valence-electron chi connectivity index (χ0n) is 9.78. The third-order valence-corrected chi connectivity index (χ3v) is 3.03. The van der Waals surface area contributed by atoms with Gasteiger partial charge in [0.1, 0.15) is 5.75 Å². The van der Waals surface area contributed by atoms with Crippen LogP contribution in [0.4, 0.5) is 0 Å². The van der Waals surface area contributed by atoms with Crippen LogP contribution >= 0.6 is 0 Å². The minimum absolute atomic E-state index is 0.256. The first-order chi connectivity index (χ1) is 7.83. The third kappa shape index (κ3) is 2.86. The first-order valence-electron chi connectivity index (χ1n) is 5.83. The lowest BCUT2D eigenvalue weighted by Crippen LogP contribution is -2.21. The summed E-state index contributed by atoms with van der Waals surface area (Å²) in [6.07, 6.45) is 4.71. The number of ether oxygens (including phenoxy) is 1. The Balaban J connectivity index is 1.97. The second-order valence-corrected chi connectivity index (χ2v) is 4.34. The molecule has 86 valence electrons. The van der Waals surface area contributed by atoms with Crippen molar-refractivity contribution in [2.24, 2.45) is 5.92 Å². The Morgan fingerprint density at radius 3 is 2.62 bits per heavy atom. The zero-order valence-corrected chi connectivity index (χ0v) is 9.78. The van der Waals surface area contributed by atoms with Crippen LogP contribution in [0.15, 0.2) is 36.9 Å². The second-order valence-electron chi connectivity index (χ2n) is 4.34. The van der Waals surface area contributed by atoms with E-state index < -0.39 is 0 Å². The molecule has 0 saturated heterocycles. The van der Waals surface area contributed by atoms with E-state index in [1.54, 1.807) is 7.11 Å². The standard InChI is InChI=1S/C14H19NO/c1-3-14(15-10-11-4-5-11)12-6-8-13(16-2)9-7-12/h3,6-9,11,14-15H,1,4-5,10H2,2H3/t14-/m0/s1. The fourth-order valence-corrected chi connectivity index (χ4v) is 1.76. The van der Waals surface area contributed by atoms with Crippen LogP contribution < -0.4 is 10.1 Å². The van der Waals surface area contributed by atoms with E-state index in [0.29, 0.717) is 0 Å². The fraction of sp³-hybridized carbons (Fsp3) is 0.429. The maximum absolute atomic E-state index is 5.14. The van der Waals surface area contributed by atoms with Crippen LogP contribution in [0.3, 0.4) is 0 Å². The molecule has 1 saturated carbocycles. The van der Waals surface area contributed by atoms with Crippen LogP contribution in [0.25, 0.3) is 0 Å². The molecule has 1 aromatic rings. The summed E-state index contributed by atoms with van der Waals surface area (Å²) in [6.45, 7) is 4.98. The summed E-state index contributed by atoms with van der Waals surface area (Å²) in [4.78, 5) is 0. The molecule has 1 atom stereocenters. The molecule has 0 unspecified atom stereocenters. The van der Waals surface area contributed by atoms with Gasteiger partial charge in [-0.15, -0.1) is 6.58 Å². The molecule has 2 nitrogen and oxygen atoms in total. The Bertz CT molecular complexity index is 340. The molecule has 0 amide bonds. The first kappa shape index (κ1) is 11.2. The molecule has 0 bridgehead atoms. The molecule has 1 aliphatic rings. The second kappa shape index (κ2) is 5.17. The van der Waals surface area contributed by atoms with Gasteiger partial charge in [0.05, 0.1) is 13.2 Å². The van der Waals surface area contributed by atoms with E-state index in [2.05, 4.69) is 24.0 Å². The van der Waals surface area contributed by atoms with Crippen molar-refractivity contribution in [1.82, 2.24) is 5.32 Å². The van der Waals surface area contributed by atoms with Crippen LogP contribution in [-0.4, -0.2) is 13.7 Å². The molecule has 1 aromatic carbocycles. The predicted octanol–water partition coefficient (Wildman–Crippen LogP) is 2.92. The quantitative estimate of drug-likeness (QED) is 0.740. The van der Waals surface area contributed by atoms with Gasteiger partial charge in [-0.2, -0.15) is 0 Å². The summed E-state index contributed by atoms with van der Waals surface area (Å²) in [5.74, 6) is 1.79. The van der Waals surface area contributed by atoms with E-state index in [1.165, 1.54) is 18.4 Å². The van der Waals surface area contributed by atoms with Gasteiger partial charge in [-0.1, -0.05) is 18.2 Å². The summed E-state index contributed by atoms with van der Waals surface area (Å²) in [5.41, 5.74) is 1.25. The maximum Gasteiger partial charge on any atom is 0.118 e. The molecule has 0 aromatic heterocycles. The highest BCUT2D eigenvalue weighted by molar-refractivity contribution is 5.30. The summed E-state index contributed by atoms with van der Waals surface area (Å²) >= 11 is 0. The van der Waals surface area contributed by atoms with Gasteiger partial charge in [0.25, 0.3) is 0 Å². The molecule has 2 rings (SSSR count). The third-order valence-electron chi connectivity index (χ3n) is 3.03. The Kier molecular flexibility index (Phi) is 3.62. The normalized spacial score (nSPS) is 16.8. The molecular formula is C14H19NO. The molecule has 1 N–H and O–H groups in total. The molecule has 0 aliphatic heterocycles. The Labute approximate surface area is 97.3 Å². The number of hydrogen-bond acceptors (Lipinski definition) is 2. The topological polar surface area (TPSA) is 21.3 Å². The van der Waals surface area contributed by atoms with Crippen molar-refractivity contribution in [3.8, 4) is 5.75 Å². The summed E-state index contributed by atoms with van der Waals surface area (Å²) in [7, 11) is 1.69. The monoisotopic (exact) mass is 217 g/mol. The van der Waals surface area contributed by atoms with Crippen LogP contribution in [0.2, 0.25) is 0 Å². The molecule has 0 heterocycles. The van der Waals surface area contributed by atoms with Gasteiger partial charge >= 0.3 is 0 Å². The van der Waals surface area contributed by atoms with E-state index in [1.807, 2.05) is 18.2 Å². The smallest absolute Gasteiger partial charge is 0.118 e. The number of rotatable bonds is 6. The van der Waals surface area contributed by atoms with Gasteiger partial charge in [0.15, 0.2) is 0 Å². The molecular weight excluding hydrogens is 198 g/mol. The van der Waals surface area contributed by atoms with Crippen molar-refractivity contribution in [2.45, 2.75) is 18.9 Å². The molecule has 2 heteroatoms. The average Bonchev–Trinajstić information content (AvgIpc) is 3.15. The van der Waals surface area contributed by atoms with Gasteiger partial charge in [0, 0.05) is 0 Å². The first-order valence-corrected chi connectivity index (χ1v) is 5.83. The van der Waals surface area contributed by atoms with Crippen molar-refractivity contribution < 1.29 is 4.74 Å². The molecule has 16 heavy (non-hydrogen) atoms. The van der Waals surface area contributed by atoms with Crippen molar-refractivity contribution in [3.05, 3.63) is 42.5 Å². The maximum atomic E-state index is 5.14. The van der Waals surface area contributed by atoms with Gasteiger partial charge in [-0.3, -0.25) is 0 Å². The molecule has 1 aliphatic carbocycles. The van der Waals surface area contributed by atoms with Gasteiger partial charge in [-0.05, 0) is 43.0 Å². The van der Waals surface area contributed by atoms with Crippen molar-refractivity contribution in [2.75, 3.05) is 13.7 Å². The van der Waals surface area contributed by atoms with Crippen molar-refractivity contribution in [3.63, 3.8) is 0 Å². The number of hydrogen-bond donors (Lipinski definition) is 1. The summed E-state index contributed by atoms with van der Waals surface area (Å²) in [6, 6.07) is 8.41. The number of benzene rings is 1. The van der Waals surface area contributed by atoms with Crippen molar-refractivity contribution >= 4 is 0 Å². The zero-order chi connectivity index (χ0) is 11.4. The lowest BCUT2D eigenvalue weighted by atomic mass is 10.1. The predicted molar refractivity (Wildman–Crippen MR) is 66.7 cm³/mol. The number of nitrogens with one attached hydrogen (secondary N) is 1. The van der Waals surface area contributed by atoms with E-state index >= 15 is 0 Å². The van der Waals surface area contributed by atoms with E-state index in [-0.39, 0.29) is 6.04 Å². The highest BCUT2D eigenvalue weighted by Gasteiger charge is 2.21. The highest BCUT2D eigenvalue weighted by Crippen LogP contribution is 2.29. The lowest BCUT2D eigenvalue weighted by Gasteiger charge is -2.15. The fourth-order valence-electron chi connectivity index (χ4n) is 1.76. The van der Waals surface area contributed by atoms with Gasteiger partial charge in [0.2, 0.25) is 0 Å². The highest BCUT2D eigenvalue weighted by atomic mass is 16.5. The minimum atomic E-state index is 0.256. The molecule has 0 spiro atoms. The molecule has 1 fully saturated rings. The lowest BCUT2D eigenvalue weighted by molar-refractivity contribution is 0.414. The minimum Gasteiger partial charge on any atom is -0.497 e. The summed E-state index contributed by atoms with van der Waals surface area (Å²) < 4.78 is 5.14. The van der Waals surface area contributed by atoms with Gasteiger partial charge in [-0.25, -0.2) is 0 Å². The number of methoxy groups -OCH3 is 1. The van der Waals surface area contributed by atoms with E-state index in [9.17, 15) is 0 Å². The Hall–Kier alpha value is -1.28. The van der Waals surface area contributed by atoms with E-state index in [0.717, 1.165) is 18.2 Å². The van der Waals surface area contributed by atoms with E-state index in [4.69, 9.17) is 4.74 Å². The largest absolute Gasteiger partial charge is 0.497 e. The average molecular weight is 217 g/mol.